The minimum Gasteiger partial charge on any atom is -0.340 e. The first-order chi connectivity index (χ1) is 7.22. The highest BCUT2D eigenvalue weighted by Crippen LogP contribution is 2.18. The van der Waals surface area contributed by atoms with Gasteiger partial charge in [0.15, 0.2) is 0 Å². The molecule has 1 aliphatic heterocycles. The van der Waals surface area contributed by atoms with Crippen LogP contribution in [-0.4, -0.2) is 39.5 Å². The maximum Gasteiger partial charge on any atom is 0.274 e. The van der Waals surface area contributed by atoms with Gasteiger partial charge in [-0.3, -0.25) is 4.79 Å². The molecule has 1 unspecified atom stereocenters. The van der Waals surface area contributed by atoms with E-state index >= 15 is 0 Å². The molecule has 1 amide bonds. The molecule has 1 aromatic rings. The largest absolute Gasteiger partial charge is 0.340 e. The molecule has 5 nitrogen and oxygen atoms in total. The second-order valence-electron chi connectivity index (χ2n) is 3.95. The van der Waals surface area contributed by atoms with E-state index in [1.54, 1.807) is 17.1 Å². The maximum absolute atomic E-state index is 12.0. The van der Waals surface area contributed by atoms with Crippen molar-refractivity contribution in [3.63, 3.8) is 0 Å². The molecule has 2 N–H and O–H groups in total. The Morgan fingerprint density at radius 2 is 2.44 bits per heavy atom. The smallest absolute Gasteiger partial charge is 0.274 e. The predicted molar refractivity (Wildman–Crippen MR) is 63.6 cm³/mol. The zero-order chi connectivity index (χ0) is 10.8. The first-order valence-electron chi connectivity index (χ1n) is 5.21. The van der Waals surface area contributed by atoms with E-state index in [1.165, 1.54) is 0 Å². The van der Waals surface area contributed by atoms with E-state index in [0.717, 1.165) is 19.4 Å². The zero-order valence-corrected chi connectivity index (χ0v) is 10.1. The number of rotatable bonds is 2. The summed E-state index contributed by atoms with van der Waals surface area (Å²) in [5, 5.41) is 0. The molecule has 1 atom stereocenters. The SMILES string of the molecule is Cl.Cn1cnc(C(=O)N2CCCC2CN)c1. The molecule has 0 aromatic carbocycles. The number of likely N-dealkylation sites (tertiary alicyclic amines) is 1. The van der Waals surface area contributed by atoms with Gasteiger partial charge in [-0.05, 0) is 12.8 Å². The van der Waals surface area contributed by atoms with Crippen LogP contribution in [0.3, 0.4) is 0 Å². The average molecular weight is 245 g/mol. The quantitative estimate of drug-likeness (QED) is 0.820. The zero-order valence-electron chi connectivity index (χ0n) is 9.30. The Labute approximate surface area is 101 Å². The Bertz CT molecular complexity index is 365. The number of hydrogen-bond acceptors (Lipinski definition) is 3. The molecule has 2 rings (SSSR count). The van der Waals surface area contributed by atoms with Crippen LogP contribution in [0.4, 0.5) is 0 Å². The molecular formula is C10H17ClN4O. The summed E-state index contributed by atoms with van der Waals surface area (Å²) >= 11 is 0. The number of halogens is 1. The fraction of sp³-hybridized carbons (Fsp3) is 0.600. The summed E-state index contributed by atoms with van der Waals surface area (Å²) in [5.41, 5.74) is 6.14. The van der Waals surface area contributed by atoms with E-state index in [-0.39, 0.29) is 24.4 Å². The Kier molecular flexibility index (Phi) is 4.32. The van der Waals surface area contributed by atoms with Gasteiger partial charge in [0.2, 0.25) is 0 Å². The maximum atomic E-state index is 12.0. The van der Waals surface area contributed by atoms with Gasteiger partial charge in [-0.25, -0.2) is 4.98 Å². The highest BCUT2D eigenvalue weighted by molar-refractivity contribution is 5.92. The predicted octanol–water partition coefficient (Wildman–Crippen LogP) is 0.405. The van der Waals surface area contributed by atoms with E-state index in [0.29, 0.717) is 12.2 Å². The van der Waals surface area contributed by atoms with E-state index in [1.807, 2.05) is 11.9 Å². The van der Waals surface area contributed by atoms with Crippen LogP contribution in [0.1, 0.15) is 23.3 Å². The van der Waals surface area contributed by atoms with Gasteiger partial charge in [-0.2, -0.15) is 0 Å². The van der Waals surface area contributed by atoms with Crippen LogP contribution in [0.2, 0.25) is 0 Å². The lowest BCUT2D eigenvalue weighted by Gasteiger charge is -2.22. The van der Waals surface area contributed by atoms with Gasteiger partial charge in [0.1, 0.15) is 5.69 Å². The summed E-state index contributed by atoms with van der Waals surface area (Å²) in [5.74, 6) is 0.00329. The van der Waals surface area contributed by atoms with Crippen molar-refractivity contribution in [1.29, 1.82) is 0 Å². The second kappa shape index (κ2) is 5.32. The van der Waals surface area contributed by atoms with E-state index in [9.17, 15) is 4.79 Å². The summed E-state index contributed by atoms with van der Waals surface area (Å²) in [6, 6.07) is 0.194. The minimum absolute atomic E-state index is 0. The van der Waals surface area contributed by atoms with Crippen molar-refractivity contribution >= 4 is 18.3 Å². The van der Waals surface area contributed by atoms with Crippen molar-refractivity contribution in [2.45, 2.75) is 18.9 Å². The third-order valence-corrected chi connectivity index (χ3v) is 2.83. The molecule has 2 heterocycles. The van der Waals surface area contributed by atoms with Crippen LogP contribution in [0.15, 0.2) is 12.5 Å². The molecule has 1 aliphatic rings. The minimum atomic E-state index is 0. The topological polar surface area (TPSA) is 64.2 Å². The number of aromatic nitrogens is 2. The number of carbonyl (C=O) groups is 1. The number of nitrogens with zero attached hydrogens (tertiary/aromatic N) is 3. The Morgan fingerprint density at radius 3 is 3.00 bits per heavy atom. The third kappa shape index (κ3) is 2.36. The van der Waals surface area contributed by atoms with Gasteiger partial charge in [0, 0.05) is 32.4 Å². The number of imidazole rings is 1. The number of aryl methyl sites for hydroxylation is 1. The standard InChI is InChI=1S/C10H16N4O.ClH/c1-13-6-9(12-7-13)10(15)14-4-2-3-8(14)5-11;/h6-8H,2-5,11H2,1H3;1H. The Hall–Kier alpha value is -1.07. The van der Waals surface area contributed by atoms with Crippen LogP contribution in [-0.2, 0) is 7.05 Å². The lowest BCUT2D eigenvalue weighted by atomic mass is 10.2. The van der Waals surface area contributed by atoms with Gasteiger partial charge in [0.25, 0.3) is 5.91 Å². The first-order valence-corrected chi connectivity index (χ1v) is 5.21. The van der Waals surface area contributed by atoms with Gasteiger partial charge < -0.3 is 15.2 Å². The molecule has 0 bridgehead atoms. The lowest BCUT2D eigenvalue weighted by molar-refractivity contribution is 0.0735. The second-order valence-corrected chi connectivity index (χ2v) is 3.95. The third-order valence-electron chi connectivity index (χ3n) is 2.83. The van der Waals surface area contributed by atoms with Crippen molar-refractivity contribution in [3.05, 3.63) is 18.2 Å². The number of nitrogens with two attached hydrogens (primary N) is 1. The Morgan fingerprint density at radius 1 is 1.69 bits per heavy atom. The molecular weight excluding hydrogens is 228 g/mol. The monoisotopic (exact) mass is 244 g/mol. The molecule has 16 heavy (non-hydrogen) atoms. The fourth-order valence-corrected chi connectivity index (χ4v) is 2.02. The fourth-order valence-electron chi connectivity index (χ4n) is 2.02. The van der Waals surface area contributed by atoms with Gasteiger partial charge >= 0.3 is 0 Å². The van der Waals surface area contributed by atoms with Crippen LogP contribution < -0.4 is 5.73 Å². The summed E-state index contributed by atoms with van der Waals surface area (Å²) in [6.07, 6.45) is 5.44. The van der Waals surface area contributed by atoms with E-state index < -0.39 is 0 Å². The molecule has 90 valence electrons. The molecule has 6 heteroatoms. The van der Waals surface area contributed by atoms with Crippen LogP contribution in [0.25, 0.3) is 0 Å². The number of amides is 1. The van der Waals surface area contributed by atoms with Gasteiger partial charge in [-0.15, -0.1) is 12.4 Å². The lowest BCUT2D eigenvalue weighted by Crippen LogP contribution is -2.40. The molecule has 0 saturated carbocycles. The van der Waals surface area contributed by atoms with Crippen molar-refractivity contribution in [2.24, 2.45) is 12.8 Å². The van der Waals surface area contributed by atoms with Crippen molar-refractivity contribution < 1.29 is 4.79 Å². The summed E-state index contributed by atoms with van der Waals surface area (Å²) in [4.78, 5) is 17.9. The van der Waals surface area contributed by atoms with E-state index in [2.05, 4.69) is 4.98 Å². The number of carbonyl (C=O) groups excluding carboxylic acids is 1. The van der Waals surface area contributed by atoms with E-state index in [4.69, 9.17) is 5.73 Å². The average Bonchev–Trinajstić information content (AvgIpc) is 2.84. The van der Waals surface area contributed by atoms with Crippen molar-refractivity contribution in [2.75, 3.05) is 13.1 Å². The summed E-state index contributed by atoms with van der Waals surface area (Å²) < 4.78 is 1.78. The van der Waals surface area contributed by atoms with Gasteiger partial charge in [-0.1, -0.05) is 0 Å². The van der Waals surface area contributed by atoms with Crippen molar-refractivity contribution in [1.82, 2.24) is 14.5 Å². The van der Waals surface area contributed by atoms with Crippen LogP contribution in [0.5, 0.6) is 0 Å². The molecule has 0 aliphatic carbocycles. The van der Waals surface area contributed by atoms with Crippen LogP contribution in [0, 0.1) is 0 Å². The molecule has 0 radical (unpaired) electrons. The number of hydrogen-bond donors (Lipinski definition) is 1. The highest BCUT2D eigenvalue weighted by Gasteiger charge is 2.29. The first kappa shape index (κ1) is 13.0. The molecule has 1 fully saturated rings. The normalized spacial score (nSPS) is 19.6. The van der Waals surface area contributed by atoms with Gasteiger partial charge in [0.05, 0.1) is 6.33 Å². The molecule has 1 saturated heterocycles. The summed E-state index contributed by atoms with van der Waals surface area (Å²) in [6.45, 7) is 1.34. The highest BCUT2D eigenvalue weighted by atomic mass is 35.5. The molecule has 0 spiro atoms. The van der Waals surface area contributed by atoms with Crippen molar-refractivity contribution in [3.8, 4) is 0 Å². The van der Waals surface area contributed by atoms with Crippen LogP contribution >= 0.6 is 12.4 Å². The summed E-state index contributed by atoms with van der Waals surface area (Å²) in [7, 11) is 1.86. The molecule has 1 aromatic heterocycles. The Balaban J connectivity index is 0.00000128.